The molecular formula is C18H19N3O7. The van der Waals surface area contributed by atoms with Crippen molar-refractivity contribution in [2.24, 2.45) is 0 Å². The summed E-state index contributed by atoms with van der Waals surface area (Å²) in [6, 6.07) is 5.64. The van der Waals surface area contributed by atoms with Gasteiger partial charge in [0.1, 0.15) is 0 Å². The van der Waals surface area contributed by atoms with Crippen LogP contribution in [0.2, 0.25) is 0 Å². The SMILES string of the molecule is CCOC(=O)c1c(-c2ccccc2[N+](=O)[O-])c(C(=O)OC)c(C)n1NC(C)=O. The summed E-state index contributed by atoms with van der Waals surface area (Å²) in [5.74, 6) is -2.20. The lowest BCUT2D eigenvalue weighted by atomic mass is 9.98. The van der Waals surface area contributed by atoms with Gasteiger partial charge in [-0.05, 0) is 19.9 Å². The third kappa shape index (κ3) is 3.70. The maximum absolute atomic E-state index is 12.7. The monoisotopic (exact) mass is 389 g/mol. The molecule has 1 heterocycles. The van der Waals surface area contributed by atoms with E-state index in [0.717, 1.165) is 11.8 Å². The number of nitro benzene ring substituents is 1. The van der Waals surface area contributed by atoms with E-state index in [0.29, 0.717) is 0 Å². The molecule has 0 saturated carbocycles. The minimum atomic E-state index is -0.859. The van der Waals surface area contributed by atoms with Gasteiger partial charge in [-0.2, -0.15) is 0 Å². The number of ether oxygens (including phenoxy) is 2. The molecule has 0 unspecified atom stereocenters. The molecule has 0 bridgehead atoms. The Kier molecular flexibility index (Phi) is 6.14. The van der Waals surface area contributed by atoms with E-state index in [1.807, 2.05) is 0 Å². The Morgan fingerprint density at radius 2 is 1.86 bits per heavy atom. The number of carbonyl (C=O) groups is 3. The van der Waals surface area contributed by atoms with Crippen LogP contribution in [0.3, 0.4) is 0 Å². The van der Waals surface area contributed by atoms with Gasteiger partial charge in [0.05, 0.1) is 35.5 Å². The predicted molar refractivity (Wildman–Crippen MR) is 98.6 cm³/mol. The third-order valence-corrected chi connectivity index (χ3v) is 3.91. The van der Waals surface area contributed by atoms with E-state index in [4.69, 9.17) is 9.47 Å². The first-order valence-electron chi connectivity index (χ1n) is 8.26. The predicted octanol–water partition coefficient (Wildman–Crippen LogP) is 2.43. The number of amides is 1. The quantitative estimate of drug-likeness (QED) is 0.456. The van der Waals surface area contributed by atoms with Gasteiger partial charge < -0.3 is 9.47 Å². The first-order valence-corrected chi connectivity index (χ1v) is 8.26. The van der Waals surface area contributed by atoms with Gasteiger partial charge >= 0.3 is 11.9 Å². The molecule has 0 atom stereocenters. The van der Waals surface area contributed by atoms with E-state index >= 15 is 0 Å². The van der Waals surface area contributed by atoms with Gasteiger partial charge in [-0.15, -0.1) is 0 Å². The lowest BCUT2D eigenvalue weighted by molar-refractivity contribution is -0.384. The number of benzene rings is 1. The molecule has 0 spiro atoms. The molecule has 0 radical (unpaired) electrons. The van der Waals surface area contributed by atoms with Crippen LogP contribution in [0.4, 0.5) is 5.69 Å². The normalized spacial score (nSPS) is 10.3. The lowest BCUT2D eigenvalue weighted by Gasteiger charge is -2.12. The number of nitrogens with one attached hydrogen (secondary N) is 1. The zero-order valence-electron chi connectivity index (χ0n) is 15.8. The van der Waals surface area contributed by atoms with Crippen molar-refractivity contribution in [3.8, 4) is 11.1 Å². The van der Waals surface area contributed by atoms with Crippen LogP contribution in [-0.2, 0) is 14.3 Å². The zero-order valence-corrected chi connectivity index (χ0v) is 15.8. The summed E-state index contributed by atoms with van der Waals surface area (Å²) < 4.78 is 10.9. The van der Waals surface area contributed by atoms with E-state index in [-0.39, 0.29) is 40.4 Å². The van der Waals surface area contributed by atoms with Gasteiger partial charge in [0.25, 0.3) is 5.69 Å². The summed E-state index contributed by atoms with van der Waals surface area (Å²) >= 11 is 0. The molecule has 0 aliphatic rings. The molecule has 0 fully saturated rings. The van der Waals surface area contributed by atoms with Gasteiger partial charge in [0, 0.05) is 18.6 Å². The fourth-order valence-electron chi connectivity index (χ4n) is 2.84. The summed E-state index contributed by atoms with van der Waals surface area (Å²) in [5, 5.41) is 11.5. The number of hydrogen-bond donors (Lipinski definition) is 1. The van der Waals surface area contributed by atoms with Crippen molar-refractivity contribution >= 4 is 23.5 Å². The molecule has 10 heteroatoms. The van der Waals surface area contributed by atoms with Gasteiger partial charge in [-0.25, -0.2) is 14.3 Å². The molecule has 148 valence electrons. The number of aromatic nitrogens is 1. The highest BCUT2D eigenvalue weighted by Gasteiger charge is 2.34. The number of nitrogens with zero attached hydrogens (tertiary/aromatic N) is 2. The largest absolute Gasteiger partial charge is 0.465 e. The Morgan fingerprint density at radius 3 is 2.39 bits per heavy atom. The van der Waals surface area contributed by atoms with E-state index in [1.165, 1.54) is 38.1 Å². The summed E-state index contributed by atoms with van der Waals surface area (Å²) in [6.07, 6.45) is 0. The van der Waals surface area contributed by atoms with Crippen molar-refractivity contribution in [2.75, 3.05) is 19.1 Å². The molecule has 1 amide bonds. The van der Waals surface area contributed by atoms with Gasteiger partial charge in [0.2, 0.25) is 5.91 Å². The molecule has 10 nitrogen and oxygen atoms in total. The van der Waals surface area contributed by atoms with E-state index in [2.05, 4.69) is 5.43 Å². The van der Waals surface area contributed by atoms with Crippen molar-refractivity contribution < 1.29 is 28.8 Å². The summed E-state index contributed by atoms with van der Waals surface area (Å²) in [7, 11) is 1.14. The average molecular weight is 389 g/mol. The van der Waals surface area contributed by atoms with Crippen molar-refractivity contribution in [2.45, 2.75) is 20.8 Å². The topological polar surface area (TPSA) is 130 Å². The Morgan fingerprint density at radius 1 is 1.21 bits per heavy atom. The second kappa shape index (κ2) is 8.33. The second-order valence-electron chi connectivity index (χ2n) is 5.67. The van der Waals surface area contributed by atoms with Crippen LogP contribution < -0.4 is 5.43 Å². The molecule has 1 aromatic heterocycles. The minimum Gasteiger partial charge on any atom is -0.465 e. The molecule has 0 aliphatic heterocycles. The number of para-hydroxylation sites is 1. The van der Waals surface area contributed by atoms with Crippen LogP contribution in [0.1, 0.15) is 40.4 Å². The third-order valence-electron chi connectivity index (χ3n) is 3.91. The van der Waals surface area contributed by atoms with Gasteiger partial charge in [-0.1, -0.05) is 12.1 Å². The standard InChI is InChI=1S/C18H19N3O7/c1-5-28-18(24)16-15(12-8-6-7-9-13(12)21(25)26)14(17(23)27-4)10(2)20(16)19-11(3)22/h6-9H,5H2,1-4H3,(H,19,22). The van der Waals surface area contributed by atoms with Crippen molar-refractivity contribution in [1.29, 1.82) is 0 Å². The average Bonchev–Trinajstić information content (AvgIpc) is 2.93. The van der Waals surface area contributed by atoms with Gasteiger partial charge in [0.15, 0.2) is 5.69 Å². The first-order chi connectivity index (χ1) is 13.2. The Bertz CT molecular complexity index is 962. The van der Waals surface area contributed by atoms with Crippen LogP contribution in [0, 0.1) is 17.0 Å². The van der Waals surface area contributed by atoms with Crippen LogP contribution in [0.15, 0.2) is 24.3 Å². The highest BCUT2D eigenvalue weighted by atomic mass is 16.6. The van der Waals surface area contributed by atoms with Crippen LogP contribution in [-0.4, -0.2) is 41.2 Å². The maximum atomic E-state index is 12.7. The summed E-state index contributed by atoms with van der Waals surface area (Å²) in [5.41, 5.74) is 1.94. The van der Waals surface area contributed by atoms with Crippen LogP contribution in [0.25, 0.3) is 11.1 Å². The first kappa shape index (κ1) is 20.6. The number of methoxy groups -OCH3 is 1. The molecule has 2 rings (SSSR count). The van der Waals surface area contributed by atoms with Crippen LogP contribution in [0.5, 0.6) is 0 Å². The zero-order chi connectivity index (χ0) is 21.0. The number of nitro groups is 1. The fraction of sp³-hybridized carbons (Fsp3) is 0.278. The molecule has 1 N–H and O–H groups in total. The minimum absolute atomic E-state index is 0.0168. The Hall–Kier alpha value is -3.69. The van der Waals surface area contributed by atoms with E-state index in [1.54, 1.807) is 6.92 Å². The van der Waals surface area contributed by atoms with E-state index < -0.39 is 22.8 Å². The van der Waals surface area contributed by atoms with Gasteiger partial charge in [-0.3, -0.25) is 20.3 Å². The number of esters is 2. The van der Waals surface area contributed by atoms with Crippen LogP contribution >= 0.6 is 0 Å². The Balaban J connectivity index is 3.00. The summed E-state index contributed by atoms with van der Waals surface area (Å²) in [6.45, 7) is 4.30. The highest BCUT2D eigenvalue weighted by Crippen LogP contribution is 2.38. The lowest BCUT2D eigenvalue weighted by Crippen LogP contribution is -2.26. The molecule has 1 aromatic carbocycles. The van der Waals surface area contributed by atoms with Crippen molar-refractivity contribution in [1.82, 2.24) is 4.68 Å². The summed E-state index contributed by atoms with van der Waals surface area (Å²) in [4.78, 5) is 47.7. The van der Waals surface area contributed by atoms with E-state index in [9.17, 15) is 24.5 Å². The second-order valence-corrected chi connectivity index (χ2v) is 5.67. The molecule has 2 aromatic rings. The number of hydrogen-bond acceptors (Lipinski definition) is 7. The smallest absolute Gasteiger partial charge is 0.357 e. The highest BCUT2D eigenvalue weighted by molar-refractivity contribution is 6.08. The van der Waals surface area contributed by atoms with Crippen molar-refractivity contribution in [3.05, 3.63) is 51.3 Å². The fourth-order valence-corrected chi connectivity index (χ4v) is 2.84. The molecule has 0 saturated heterocycles. The maximum Gasteiger partial charge on any atom is 0.357 e. The number of rotatable bonds is 6. The molecule has 0 aliphatic carbocycles. The molecule has 28 heavy (non-hydrogen) atoms. The number of carbonyl (C=O) groups excluding carboxylic acids is 3. The van der Waals surface area contributed by atoms with Crippen molar-refractivity contribution in [3.63, 3.8) is 0 Å². The molecular weight excluding hydrogens is 370 g/mol. The Labute approximate surface area is 160 Å².